The predicted octanol–water partition coefficient (Wildman–Crippen LogP) is 2.92. The van der Waals surface area contributed by atoms with Crippen LogP contribution >= 0.6 is 0 Å². The number of aromatic hydroxyl groups is 1. The minimum atomic E-state index is -0.453. The summed E-state index contributed by atoms with van der Waals surface area (Å²) in [6.07, 6.45) is 0.982. The Morgan fingerprint density at radius 3 is 2.88 bits per heavy atom. The zero-order valence-corrected chi connectivity index (χ0v) is 14.3. The van der Waals surface area contributed by atoms with Crippen LogP contribution in [0, 0.1) is 5.82 Å². The summed E-state index contributed by atoms with van der Waals surface area (Å²) in [5.41, 5.74) is 0.947. The van der Waals surface area contributed by atoms with Gasteiger partial charge in [-0.15, -0.1) is 0 Å². The summed E-state index contributed by atoms with van der Waals surface area (Å²) in [5.74, 6) is 1.10. The van der Waals surface area contributed by atoms with Crippen LogP contribution in [0.3, 0.4) is 0 Å². The highest BCUT2D eigenvalue weighted by atomic mass is 19.1. The number of phenolic OH excluding ortho intramolecular Hbond substituents is 1. The number of benzene rings is 2. The molecule has 2 aromatic carbocycles. The van der Waals surface area contributed by atoms with E-state index in [-0.39, 0.29) is 23.2 Å². The number of nitrogens with one attached hydrogen (secondary N) is 2. The summed E-state index contributed by atoms with van der Waals surface area (Å²) >= 11 is 0. The lowest BCUT2D eigenvalue weighted by atomic mass is 10.1. The van der Waals surface area contributed by atoms with Gasteiger partial charge in [0.2, 0.25) is 0 Å². The fourth-order valence-electron chi connectivity index (χ4n) is 3.12. The highest BCUT2D eigenvalue weighted by Gasteiger charge is 2.19. The molecule has 0 saturated carbocycles. The number of fused-ring (bicyclic) bond motifs is 1. The first-order valence-corrected chi connectivity index (χ1v) is 8.46. The average Bonchev–Trinajstić information content (AvgIpc) is 3.16. The number of halogens is 1. The van der Waals surface area contributed by atoms with Crippen LogP contribution in [0.1, 0.15) is 6.42 Å². The van der Waals surface area contributed by atoms with Gasteiger partial charge in [-0.2, -0.15) is 0 Å². The number of phenols is 1. The minimum absolute atomic E-state index is 0.0623. The summed E-state index contributed by atoms with van der Waals surface area (Å²) in [6, 6.07) is 9.50. The number of ether oxygens (including phenoxy) is 1. The fraction of sp³-hybridized carbons (Fsp3) is 0.263. The number of rotatable bonds is 4. The smallest absolute Gasteiger partial charge is 0.165 e. The average molecular weight is 354 g/mol. The summed E-state index contributed by atoms with van der Waals surface area (Å²) in [5, 5.41) is 17.7. The second-order valence-corrected chi connectivity index (χ2v) is 6.27. The molecule has 0 spiro atoms. The van der Waals surface area contributed by atoms with E-state index < -0.39 is 5.82 Å². The summed E-state index contributed by atoms with van der Waals surface area (Å²) in [6.45, 7) is 1.79. The molecule has 1 atom stereocenters. The van der Waals surface area contributed by atoms with Gasteiger partial charge < -0.3 is 20.5 Å². The number of nitrogens with zero attached hydrogens (tertiary/aromatic N) is 2. The highest BCUT2D eigenvalue weighted by molar-refractivity contribution is 5.92. The van der Waals surface area contributed by atoms with E-state index in [0.29, 0.717) is 17.1 Å². The molecule has 26 heavy (non-hydrogen) atoms. The molecular formula is C19H19FN4O2. The van der Waals surface area contributed by atoms with Gasteiger partial charge in [0.15, 0.2) is 5.82 Å². The van der Waals surface area contributed by atoms with Gasteiger partial charge in [0.1, 0.15) is 23.1 Å². The molecule has 4 rings (SSSR count). The van der Waals surface area contributed by atoms with E-state index in [1.807, 2.05) is 18.2 Å². The molecule has 134 valence electrons. The third-order valence-corrected chi connectivity index (χ3v) is 4.50. The molecule has 6 nitrogen and oxygen atoms in total. The molecular weight excluding hydrogens is 335 g/mol. The van der Waals surface area contributed by atoms with E-state index in [9.17, 15) is 9.50 Å². The number of hydrogen-bond acceptors (Lipinski definition) is 6. The Morgan fingerprint density at radius 2 is 2.12 bits per heavy atom. The topological polar surface area (TPSA) is 79.3 Å². The molecule has 1 saturated heterocycles. The van der Waals surface area contributed by atoms with E-state index in [2.05, 4.69) is 20.6 Å². The second kappa shape index (κ2) is 6.76. The van der Waals surface area contributed by atoms with Crippen molar-refractivity contribution in [3.63, 3.8) is 0 Å². The van der Waals surface area contributed by atoms with Crippen molar-refractivity contribution < 1.29 is 14.2 Å². The van der Waals surface area contributed by atoms with Gasteiger partial charge in [-0.1, -0.05) is 0 Å². The molecule has 0 bridgehead atoms. The maximum atomic E-state index is 13.7. The van der Waals surface area contributed by atoms with Crippen molar-refractivity contribution in [2.24, 2.45) is 0 Å². The van der Waals surface area contributed by atoms with Crippen molar-refractivity contribution in [2.45, 2.75) is 12.5 Å². The van der Waals surface area contributed by atoms with Gasteiger partial charge in [-0.25, -0.2) is 14.4 Å². The molecule has 1 aliphatic heterocycles. The molecule has 0 aliphatic carbocycles. The Hall–Kier alpha value is -2.93. The Morgan fingerprint density at radius 1 is 1.23 bits per heavy atom. The van der Waals surface area contributed by atoms with Crippen LogP contribution in [0.2, 0.25) is 0 Å². The van der Waals surface area contributed by atoms with Crippen LogP contribution < -0.4 is 15.4 Å². The Labute approximate surface area is 150 Å². The zero-order chi connectivity index (χ0) is 18.1. The van der Waals surface area contributed by atoms with E-state index in [0.717, 1.165) is 24.9 Å². The normalized spacial score (nSPS) is 16.8. The maximum Gasteiger partial charge on any atom is 0.165 e. The Bertz CT molecular complexity index is 958. The fourth-order valence-corrected chi connectivity index (χ4v) is 3.12. The molecule has 1 fully saturated rings. The first-order valence-electron chi connectivity index (χ1n) is 8.46. The highest BCUT2D eigenvalue weighted by Crippen LogP contribution is 2.32. The number of anilines is 1. The Kier molecular flexibility index (Phi) is 4.30. The summed E-state index contributed by atoms with van der Waals surface area (Å²) in [4.78, 5) is 9.09. The summed E-state index contributed by atoms with van der Waals surface area (Å²) < 4.78 is 19.0. The lowest BCUT2D eigenvalue weighted by molar-refractivity contribution is 0.415. The standard InChI is InChI=1S/C19H19FN4O2/c1-26-13-3-4-16-14(9-13)18(22-12-6-7-21-10-12)24-19(23-16)15-8-11(20)2-5-17(15)25/h2-5,8-9,12,21,25H,6-7,10H2,1H3,(H,22,23,24). The predicted molar refractivity (Wildman–Crippen MR) is 98.0 cm³/mol. The largest absolute Gasteiger partial charge is 0.507 e. The third-order valence-electron chi connectivity index (χ3n) is 4.50. The van der Waals surface area contributed by atoms with Crippen LogP contribution in [-0.4, -0.2) is 41.3 Å². The molecule has 1 unspecified atom stereocenters. The van der Waals surface area contributed by atoms with Crippen molar-refractivity contribution in [1.29, 1.82) is 0 Å². The van der Waals surface area contributed by atoms with Crippen molar-refractivity contribution in [2.75, 3.05) is 25.5 Å². The molecule has 3 aromatic rings. The quantitative estimate of drug-likeness (QED) is 0.669. The van der Waals surface area contributed by atoms with Crippen LogP contribution in [-0.2, 0) is 0 Å². The van der Waals surface area contributed by atoms with E-state index in [4.69, 9.17) is 4.74 Å². The Balaban J connectivity index is 1.87. The van der Waals surface area contributed by atoms with Crippen LogP contribution in [0.15, 0.2) is 36.4 Å². The van der Waals surface area contributed by atoms with Crippen molar-refractivity contribution >= 4 is 16.7 Å². The molecule has 2 heterocycles. The number of hydrogen-bond donors (Lipinski definition) is 3. The molecule has 7 heteroatoms. The van der Waals surface area contributed by atoms with E-state index >= 15 is 0 Å². The first-order chi connectivity index (χ1) is 12.6. The van der Waals surface area contributed by atoms with E-state index in [1.54, 1.807) is 7.11 Å². The molecule has 1 aliphatic rings. The molecule has 0 amide bonds. The van der Waals surface area contributed by atoms with Gasteiger partial charge in [0.05, 0.1) is 18.2 Å². The lowest BCUT2D eigenvalue weighted by Crippen LogP contribution is -2.23. The van der Waals surface area contributed by atoms with Crippen molar-refractivity contribution in [3.05, 3.63) is 42.2 Å². The third kappa shape index (κ3) is 3.13. The van der Waals surface area contributed by atoms with Crippen LogP contribution in [0.5, 0.6) is 11.5 Å². The number of methoxy groups -OCH3 is 1. The molecule has 3 N–H and O–H groups in total. The molecule has 1 aromatic heterocycles. The van der Waals surface area contributed by atoms with Gasteiger partial charge in [-0.05, 0) is 49.4 Å². The van der Waals surface area contributed by atoms with Gasteiger partial charge in [-0.3, -0.25) is 0 Å². The maximum absolute atomic E-state index is 13.7. The van der Waals surface area contributed by atoms with Gasteiger partial charge in [0, 0.05) is 18.0 Å². The second-order valence-electron chi connectivity index (χ2n) is 6.27. The minimum Gasteiger partial charge on any atom is -0.507 e. The van der Waals surface area contributed by atoms with Crippen LogP contribution in [0.25, 0.3) is 22.3 Å². The van der Waals surface area contributed by atoms with Crippen molar-refractivity contribution in [3.8, 4) is 22.9 Å². The zero-order valence-electron chi connectivity index (χ0n) is 14.3. The monoisotopic (exact) mass is 354 g/mol. The van der Waals surface area contributed by atoms with Crippen molar-refractivity contribution in [1.82, 2.24) is 15.3 Å². The SMILES string of the molecule is COc1ccc2nc(-c3cc(F)ccc3O)nc(NC3CCNC3)c2c1. The van der Waals surface area contributed by atoms with Gasteiger partial charge in [0.25, 0.3) is 0 Å². The van der Waals surface area contributed by atoms with Gasteiger partial charge >= 0.3 is 0 Å². The number of aromatic nitrogens is 2. The molecule has 0 radical (unpaired) electrons. The first kappa shape index (κ1) is 16.5. The van der Waals surface area contributed by atoms with Crippen LogP contribution in [0.4, 0.5) is 10.2 Å². The summed E-state index contributed by atoms with van der Waals surface area (Å²) in [7, 11) is 1.61. The lowest BCUT2D eigenvalue weighted by Gasteiger charge is -2.16. The van der Waals surface area contributed by atoms with E-state index in [1.165, 1.54) is 18.2 Å².